The van der Waals surface area contributed by atoms with Gasteiger partial charge in [0.05, 0.1) is 0 Å². The third-order valence-corrected chi connectivity index (χ3v) is 8.25. The van der Waals surface area contributed by atoms with Gasteiger partial charge < -0.3 is 10.2 Å². The molecule has 4 rings (SSSR count). The number of hydrogen-bond donors (Lipinski definition) is 2. The lowest BCUT2D eigenvalue weighted by molar-refractivity contribution is -0.153. The first kappa shape index (κ1) is 18.1. The SMILES string of the molecule is CC1C[C@@H]2C(=CC[C@]3(C)[C@@H](C(=O)C(O)O)CC[C@@H]23)[C@@]2(C)CCC(=O)C=C12. The third kappa shape index (κ3) is 2.34. The van der Waals surface area contributed by atoms with Crippen molar-refractivity contribution < 1.29 is 19.8 Å². The number of ketones is 2. The Bertz CT molecular complexity index is 718. The third-order valence-electron chi connectivity index (χ3n) is 8.25. The van der Waals surface area contributed by atoms with Gasteiger partial charge in [0, 0.05) is 17.8 Å². The molecule has 6 atom stereocenters. The van der Waals surface area contributed by atoms with Gasteiger partial charge in [0.2, 0.25) is 6.29 Å². The monoisotopic (exact) mass is 358 g/mol. The summed E-state index contributed by atoms with van der Waals surface area (Å²) in [6.07, 6.45) is 7.48. The molecule has 2 saturated carbocycles. The number of allylic oxidation sites excluding steroid dienone is 4. The van der Waals surface area contributed by atoms with E-state index < -0.39 is 12.1 Å². The van der Waals surface area contributed by atoms with E-state index in [0.717, 1.165) is 32.1 Å². The van der Waals surface area contributed by atoms with Gasteiger partial charge in [-0.1, -0.05) is 38.0 Å². The van der Waals surface area contributed by atoms with Crippen molar-refractivity contribution >= 4 is 11.6 Å². The number of aliphatic hydroxyl groups excluding tert-OH is 1. The molecule has 0 bridgehead atoms. The minimum absolute atomic E-state index is 0.0177. The van der Waals surface area contributed by atoms with Crippen molar-refractivity contribution in [2.75, 3.05) is 0 Å². The van der Waals surface area contributed by atoms with Gasteiger partial charge in [0.1, 0.15) is 0 Å². The van der Waals surface area contributed by atoms with Gasteiger partial charge in [0.25, 0.3) is 0 Å². The van der Waals surface area contributed by atoms with Gasteiger partial charge in [-0.15, -0.1) is 0 Å². The molecule has 0 heterocycles. The van der Waals surface area contributed by atoms with E-state index in [9.17, 15) is 19.8 Å². The maximum atomic E-state index is 12.4. The molecule has 0 spiro atoms. The van der Waals surface area contributed by atoms with E-state index in [0.29, 0.717) is 24.2 Å². The fraction of sp³-hybridized carbons (Fsp3) is 0.727. The number of fused-ring (bicyclic) bond motifs is 5. The highest BCUT2D eigenvalue weighted by atomic mass is 16.5. The number of carbonyl (C=O) groups is 2. The molecule has 0 aromatic rings. The van der Waals surface area contributed by atoms with Gasteiger partial charge in [-0.2, -0.15) is 0 Å². The van der Waals surface area contributed by atoms with Crippen LogP contribution in [0.4, 0.5) is 0 Å². The summed E-state index contributed by atoms with van der Waals surface area (Å²) >= 11 is 0. The predicted molar refractivity (Wildman–Crippen MR) is 98.0 cm³/mol. The molecule has 4 nitrogen and oxygen atoms in total. The number of aliphatic hydroxyl groups is 2. The molecule has 0 radical (unpaired) electrons. The predicted octanol–water partition coefficient (Wildman–Crippen LogP) is 3.18. The van der Waals surface area contributed by atoms with E-state index in [4.69, 9.17) is 0 Å². The molecule has 0 saturated heterocycles. The number of rotatable bonds is 2. The molecule has 0 amide bonds. The second-order valence-electron chi connectivity index (χ2n) is 9.52. The van der Waals surface area contributed by atoms with E-state index in [1.54, 1.807) is 0 Å². The van der Waals surface area contributed by atoms with Crippen molar-refractivity contribution in [3.8, 4) is 0 Å². The van der Waals surface area contributed by atoms with Crippen molar-refractivity contribution in [1.29, 1.82) is 0 Å². The Hall–Kier alpha value is -1.26. The van der Waals surface area contributed by atoms with Crippen LogP contribution in [0.25, 0.3) is 0 Å². The number of hydrogen-bond acceptors (Lipinski definition) is 4. The Morgan fingerprint density at radius 1 is 1.23 bits per heavy atom. The quantitative estimate of drug-likeness (QED) is 0.587. The van der Waals surface area contributed by atoms with Crippen LogP contribution in [-0.2, 0) is 9.59 Å². The smallest absolute Gasteiger partial charge is 0.213 e. The highest BCUT2D eigenvalue weighted by Gasteiger charge is 2.58. The second kappa shape index (κ2) is 5.87. The van der Waals surface area contributed by atoms with Crippen LogP contribution in [0.15, 0.2) is 23.3 Å². The van der Waals surface area contributed by atoms with Crippen LogP contribution in [0.5, 0.6) is 0 Å². The van der Waals surface area contributed by atoms with E-state index in [-0.39, 0.29) is 22.5 Å². The van der Waals surface area contributed by atoms with E-state index >= 15 is 0 Å². The van der Waals surface area contributed by atoms with Crippen molar-refractivity contribution in [1.82, 2.24) is 0 Å². The number of carbonyl (C=O) groups excluding carboxylic acids is 2. The second-order valence-corrected chi connectivity index (χ2v) is 9.52. The summed E-state index contributed by atoms with van der Waals surface area (Å²) in [5, 5.41) is 18.9. The Morgan fingerprint density at radius 2 is 1.96 bits per heavy atom. The molecule has 2 fully saturated rings. The van der Waals surface area contributed by atoms with Gasteiger partial charge >= 0.3 is 0 Å². The molecule has 0 aromatic carbocycles. The first-order valence-electron chi connectivity index (χ1n) is 10.0. The van der Waals surface area contributed by atoms with Crippen LogP contribution in [0.1, 0.15) is 59.3 Å². The molecule has 0 aliphatic heterocycles. The minimum Gasteiger partial charge on any atom is -0.362 e. The van der Waals surface area contributed by atoms with Crippen LogP contribution >= 0.6 is 0 Å². The Labute approximate surface area is 155 Å². The van der Waals surface area contributed by atoms with Crippen LogP contribution in [0.3, 0.4) is 0 Å². The molecule has 4 aliphatic rings. The minimum atomic E-state index is -1.86. The first-order chi connectivity index (χ1) is 12.2. The normalized spacial score (nSPS) is 44.8. The fourth-order valence-electron chi connectivity index (χ4n) is 6.92. The van der Waals surface area contributed by atoms with Crippen LogP contribution < -0.4 is 0 Å². The summed E-state index contributed by atoms with van der Waals surface area (Å²) in [6, 6.07) is 0. The lowest BCUT2D eigenvalue weighted by atomic mass is 9.49. The topological polar surface area (TPSA) is 74.6 Å². The zero-order valence-corrected chi connectivity index (χ0v) is 16.0. The summed E-state index contributed by atoms with van der Waals surface area (Å²) in [6.45, 7) is 6.71. The van der Waals surface area contributed by atoms with Gasteiger partial charge in [-0.3, -0.25) is 9.59 Å². The van der Waals surface area contributed by atoms with Crippen molar-refractivity contribution in [3.05, 3.63) is 23.3 Å². The number of Topliss-reactive ketones (excluding diaryl/α,β-unsaturated/α-hetero) is 1. The molecular weight excluding hydrogens is 328 g/mol. The lowest BCUT2D eigenvalue weighted by Gasteiger charge is -2.55. The summed E-state index contributed by atoms with van der Waals surface area (Å²) in [5.74, 6) is 0.810. The standard InChI is InChI=1S/C22H30O4/c1-12-10-14-15-4-5-17(19(24)20(25)26)21(15,2)9-7-16(14)22(3)8-6-13(23)11-18(12)22/h7,11-12,14-15,17,20,25-26H,4-6,8-10H2,1-3H3/t12?,14-,15-,17+,21-,22+/m0/s1. The van der Waals surface area contributed by atoms with E-state index in [1.807, 2.05) is 6.08 Å². The van der Waals surface area contributed by atoms with Gasteiger partial charge in [-0.25, -0.2) is 0 Å². The fourth-order valence-corrected chi connectivity index (χ4v) is 6.92. The van der Waals surface area contributed by atoms with Crippen molar-refractivity contribution in [2.24, 2.45) is 34.5 Å². The largest absolute Gasteiger partial charge is 0.362 e. The molecule has 142 valence electrons. The van der Waals surface area contributed by atoms with Gasteiger partial charge in [0.15, 0.2) is 11.6 Å². The lowest BCUT2D eigenvalue weighted by Crippen LogP contribution is -2.48. The summed E-state index contributed by atoms with van der Waals surface area (Å²) in [5.41, 5.74) is 2.58. The summed E-state index contributed by atoms with van der Waals surface area (Å²) < 4.78 is 0. The van der Waals surface area contributed by atoms with E-state index in [1.165, 1.54) is 11.1 Å². The Morgan fingerprint density at radius 3 is 2.65 bits per heavy atom. The van der Waals surface area contributed by atoms with Crippen molar-refractivity contribution in [2.45, 2.75) is 65.6 Å². The Balaban J connectivity index is 1.74. The maximum Gasteiger partial charge on any atom is 0.213 e. The highest BCUT2D eigenvalue weighted by Crippen LogP contribution is 2.65. The molecule has 26 heavy (non-hydrogen) atoms. The summed E-state index contributed by atoms with van der Waals surface area (Å²) in [7, 11) is 0. The first-order valence-corrected chi connectivity index (χ1v) is 10.0. The van der Waals surface area contributed by atoms with Crippen molar-refractivity contribution in [3.63, 3.8) is 0 Å². The molecule has 1 unspecified atom stereocenters. The van der Waals surface area contributed by atoms with E-state index in [2.05, 4.69) is 26.8 Å². The average molecular weight is 358 g/mol. The average Bonchev–Trinajstić information content (AvgIpc) is 2.93. The van der Waals surface area contributed by atoms with Crippen LogP contribution in [0.2, 0.25) is 0 Å². The summed E-state index contributed by atoms with van der Waals surface area (Å²) in [4.78, 5) is 24.4. The molecule has 2 N–H and O–H groups in total. The Kier molecular flexibility index (Phi) is 4.09. The van der Waals surface area contributed by atoms with Crippen LogP contribution in [-0.4, -0.2) is 28.1 Å². The molecule has 4 aliphatic carbocycles. The zero-order valence-electron chi connectivity index (χ0n) is 16.0. The van der Waals surface area contributed by atoms with Gasteiger partial charge in [-0.05, 0) is 61.3 Å². The zero-order chi connectivity index (χ0) is 18.9. The van der Waals surface area contributed by atoms with Crippen LogP contribution in [0, 0.1) is 34.5 Å². The maximum absolute atomic E-state index is 12.4. The molecule has 4 heteroatoms. The molecular formula is C22H30O4. The molecule has 0 aromatic heterocycles. The highest BCUT2D eigenvalue weighted by molar-refractivity contribution is 5.92.